The molecule has 5 heteroatoms. The van der Waals surface area contributed by atoms with E-state index in [0.29, 0.717) is 5.82 Å². The molecule has 0 unspecified atom stereocenters. The fourth-order valence-corrected chi connectivity index (χ4v) is 3.15. The number of anilines is 1. The van der Waals surface area contributed by atoms with E-state index in [1.807, 2.05) is 12.2 Å². The van der Waals surface area contributed by atoms with Crippen molar-refractivity contribution in [1.82, 2.24) is 4.98 Å². The Balaban J connectivity index is 1.79. The number of pyridine rings is 1. The van der Waals surface area contributed by atoms with Gasteiger partial charge in [0.15, 0.2) is 0 Å². The predicted molar refractivity (Wildman–Crippen MR) is 65.6 cm³/mol. The molecule has 0 saturated heterocycles. The Morgan fingerprint density at radius 2 is 1.95 bits per heavy atom. The van der Waals surface area contributed by atoms with Gasteiger partial charge in [0, 0.05) is 18.1 Å². The lowest BCUT2D eigenvalue weighted by molar-refractivity contribution is -0.313. The summed E-state index contributed by atoms with van der Waals surface area (Å²) < 4.78 is 0. The lowest BCUT2D eigenvalue weighted by Gasteiger charge is -2.27. The smallest absolute Gasteiger partial charge is 0.229 e. The molecule has 1 aromatic rings. The first-order chi connectivity index (χ1) is 9.16. The number of carboxylic acid groups (broad SMARTS) is 1. The molecule has 2 aliphatic rings. The van der Waals surface area contributed by atoms with E-state index in [0.717, 1.165) is 6.42 Å². The van der Waals surface area contributed by atoms with E-state index in [1.54, 1.807) is 24.4 Å². The summed E-state index contributed by atoms with van der Waals surface area (Å²) in [4.78, 5) is 27.5. The monoisotopic (exact) mass is 257 g/mol. The van der Waals surface area contributed by atoms with Crippen molar-refractivity contribution in [3.05, 3.63) is 36.5 Å². The minimum Gasteiger partial charge on any atom is -0.550 e. The second-order valence-electron chi connectivity index (χ2n) is 5.02. The largest absolute Gasteiger partial charge is 0.550 e. The van der Waals surface area contributed by atoms with Crippen molar-refractivity contribution in [2.45, 2.75) is 6.42 Å². The molecule has 1 heterocycles. The standard InChI is InChI=1S/C14H14N2O3/c17-13(16-10-3-1-2-6-15-10)11-8-4-5-9(7-8)12(11)14(18)19/h1-6,8-9,11-12H,7H2,(H,18,19)(H,15,16,17)/p-1/t8-,9-,11+,12-/m0/s1. The Bertz CT molecular complexity index is 541. The number of aromatic nitrogens is 1. The Labute approximate surface area is 110 Å². The topological polar surface area (TPSA) is 82.1 Å². The fraction of sp³-hybridized carbons (Fsp3) is 0.357. The highest BCUT2D eigenvalue weighted by Crippen LogP contribution is 2.48. The van der Waals surface area contributed by atoms with Gasteiger partial charge in [0.2, 0.25) is 5.91 Å². The molecule has 1 N–H and O–H groups in total. The summed E-state index contributed by atoms with van der Waals surface area (Å²) in [7, 11) is 0. The van der Waals surface area contributed by atoms with Crippen molar-refractivity contribution in [3.8, 4) is 0 Å². The summed E-state index contributed by atoms with van der Waals surface area (Å²) in [5.41, 5.74) is 0. The normalized spacial score (nSPS) is 31.4. The molecule has 1 amide bonds. The van der Waals surface area contributed by atoms with Crippen LogP contribution in [-0.2, 0) is 9.59 Å². The van der Waals surface area contributed by atoms with Crippen molar-refractivity contribution in [2.75, 3.05) is 5.32 Å². The van der Waals surface area contributed by atoms with Crippen LogP contribution >= 0.6 is 0 Å². The number of hydrogen-bond acceptors (Lipinski definition) is 4. The highest BCUT2D eigenvalue weighted by molar-refractivity contribution is 5.95. The first-order valence-corrected chi connectivity index (χ1v) is 6.28. The summed E-state index contributed by atoms with van der Waals surface area (Å²) in [6.45, 7) is 0. The van der Waals surface area contributed by atoms with Gasteiger partial charge in [0.1, 0.15) is 5.82 Å². The zero-order chi connectivity index (χ0) is 13.4. The van der Waals surface area contributed by atoms with E-state index in [1.165, 1.54) is 0 Å². The second kappa shape index (κ2) is 4.50. The number of carbonyl (C=O) groups excluding carboxylic acids is 2. The summed E-state index contributed by atoms with van der Waals surface area (Å²) in [6.07, 6.45) is 6.12. The van der Waals surface area contributed by atoms with Crippen LogP contribution in [0.15, 0.2) is 36.5 Å². The van der Waals surface area contributed by atoms with E-state index in [4.69, 9.17) is 0 Å². The highest BCUT2D eigenvalue weighted by atomic mass is 16.4. The van der Waals surface area contributed by atoms with Gasteiger partial charge in [-0.15, -0.1) is 0 Å². The van der Waals surface area contributed by atoms with Gasteiger partial charge in [0.05, 0.1) is 5.92 Å². The number of carboxylic acids is 1. The SMILES string of the molecule is O=C([O-])[C@@H]1[C@H](C(=O)Nc2ccccn2)[C@H]2C=C[C@H]1C2. The fourth-order valence-electron chi connectivity index (χ4n) is 3.15. The maximum Gasteiger partial charge on any atom is 0.229 e. The molecule has 1 saturated carbocycles. The first kappa shape index (κ1) is 11.9. The third-order valence-electron chi connectivity index (χ3n) is 3.95. The maximum absolute atomic E-state index is 12.2. The van der Waals surface area contributed by atoms with Crippen LogP contribution in [0.25, 0.3) is 0 Å². The van der Waals surface area contributed by atoms with Crippen LogP contribution in [0.1, 0.15) is 6.42 Å². The van der Waals surface area contributed by atoms with E-state index >= 15 is 0 Å². The number of rotatable bonds is 3. The Morgan fingerprint density at radius 1 is 1.21 bits per heavy atom. The molecule has 0 aromatic carbocycles. The number of nitrogens with zero attached hydrogens (tertiary/aromatic N) is 1. The van der Waals surface area contributed by atoms with Crippen LogP contribution in [0, 0.1) is 23.7 Å². The number of allylic oxidation sites excluding steroid dienone is 2. The lowest BCUT2D eigenvalue weighted by atomic mass is 9.82. The predicted octanol–water partition coefficient (Wildman–Crippen LogP) is 0.208. The van der Waals surface area contributed by atoms with Crippen molar-refractivity contribution < 1.29 is 14.7 Å². The third-order valence-corrected chi connectivity index (χ3v) is 3.95. The summed E-state index contributed by atoms with van der Waals surface area (Å²) in [5.74, 6) is -2.34. The number of carbonyl (C=O) groups is 2. The molecule has 98 valence electrons. The molecule has 3 rings (SSSR count). The molecule has 19 heavy (non-hydrogen) atoms. The average molecular weight is 257 g/mol. The second-order valence-corrected chi connectivity index (χ2v) is 5.02. The first-order valence-electron chi connectivity index (χ1n) is 6.28. The number of amides is 1. The third kappa shape index (κ3) is 2.01. The Kier molecular flexibility index (Phi) is 2.81. The van der Waals surface area contributed by atoms with E-state index < -0.39 is 17.8 Å². The lowest BCUT2D eigenvalue weighted by Crippen LogP contribution is -2.42. The van der Waals surface area contributed by atoms with Gasteiger partial charge >= 0.3 is 0 Å². The molecule has 1 fully saturated rings. The van der Waals surface area contributed by atoms with Gasteiger partial charge in [-0.1, -0.05) is 18.2 Å². The molecule has 1 aromatic heterocycles. The van der Waals surface area contributed by atoms with Crippen LogP contribution in [0.4, 0.5) is 5.82 Å². The molecule has 4 atom stereocenters. The molecular formula is C14H13N2O3-. The van der Waals surface area contributed by atoms with Crippen LogP contribution in [0.2, 0.25) is 0 Å². The summed E-state index contributed by atoms with van der Waals surface area (Å²) in [6, 6.07) is 5.19. The molecule has 0 aliphatic heterocycles. The van der Waals surface area contributed by atoms with Gasteiger partial charge in [-0.3, -0.25) is 4.79 Å². The quantitative estimate of drug-likeness (QED) is 0.785. The van der Waals surface area contributed by atoms with Gasteiger partial charge < -0.3 is 15.2 Å². The number of nitrogens with one attached hydrogen (secondary N) is 1. The zero-order valence-corrected chi connectivity index (χ0v) is 10.2. The van der Waals surface area contributed by atoms with Crippen molar-refractivity contribution in [2.24, 2.45) is 23.7 Å². The van der Waals surface area contributed by atoms with Gasteiger partial charge in [-0.05, 0) is 30.4 Å². The van der Waals surface area contributed by atoms with E-state index in [-0.39, 0.29) is 17.7 Å². The molecule has 5 nitrogen and oxygen atoms in total. The van der Waals surface area contributed by atoms with Crippen molar-refractivity contribution >= 4 is 17.7 Å². The summed E-state index contributed by atoms with van der Waals surface area (Å²) in [5, 5.41) is 13.9. The zero-order valence-electron chi connectivity index (χ0n) is 10.2. The van der Waals surface area contributed by atoms with Crippen molar-refractivity contribution in [1.29, 1.82) is 0 Å². The van der Waals surface area contributed by atoms with Crippen LogP contribution in [0.3, 0.4) is 0 Å². The van der Waals surface area contributed by atoms with Crippen LogP contribution < -0.4 is 10.4 Å². The van der Waals surface area contributed by atoms with Crippen LogP contribution in [0.5, 0.6) is 0 Å². The highest BCUT2D eigenvalue weighted by Gasteiger charge is 2.48. The number of aliphatic carboxylic acids is 1. The average Bonchev–Trinajstić information content (AvgIpc) is 2.99. The minimum absolute atomic E-state index is 0.00314. The molecular weight excluding hydrogens is 244 g/mol. The Hall–Kier alpha value is -2.17. The Morgan fingerprint density at radius 3 is 2.58 bits per heavy atom. The van der Waals surface area contributed by atoms with Gasteiger partial charge in [-0.2, -0.15) is 0 Å². The minimum atomic E-state index is -1.14. The molecule has 2 bridgehead atoms. The van der Waals surface area contributed by atoms with Gasteiger partial charge in [0.25, 0.3) is 0 Å². The van der Waals surface area contributed by atoms with Gasteiger partial charge in [-0.25, -0.2) is 4.98 Å². The van der Waals surface area contributed by atoms with Crippen molar-refractivity contribution in [3.63, 3.8) is 0 Å². The number of hydrogen-bond donors (Lipinski definition) is 1. The molecule has 0 radical (unpaired) electrons. The molecule has 0 spiro atoms. The van der Waals surface area contributed by atoms with E-state index in [2.05, 4.69) is 10.3 Å². The van der Waals surface area contributed by atoms with Crippen LogP contribution in [-0.4, -0.2) is 16.9 Å². The number of fused-ring (bicyclic) bond motifs is 2. The maximum atomic E-state index is 12.2. The molecule has 2 aliphatic carbocycles. The van der Waals surface area contributed by atoms with E-state index in [9.17, 15) is 14.7 Å². The summed E-state index contributed by atoms with van der Waals surface area (Å²) >= 11 is 0.